The Balaban J connectivity index is 1.54. The van der Waals surface area contributed by atoms with Crippen LogP contribution >= 0.6 is 11.6 Å². The van der Waals surface area contributed by atoms with E-state index in [-0.39, 0.29) is 21.2 Å². The largest absolute Gasteiger partial charge is 0.455 e. The predicted molar refractivity (Wildman–Crippen MR) is 157 cm³/mol. The van der Waals surface area contributed by atoms with Crippen LogP contribution in [-0.2, 0) is 17.1 Å². The van der Waals surface area contributed by atoms with Gasteiger partial charge in [0.15, 0.2) is 11.7 Å². The zero-order valence-electron chi connectivity index (χ0n) is 22.7. The zero-order valence-corrected chi connectivity index (χ0v) is 24.3. The highest BCUT2D eigenvalue weighted by Crippen LogP contribution is 2.33. The van der Waals surface area contributed by atoms with Crippen molar-refractivity contribution in [3.63, 3.8) is 0 Å². The summed E-state index contributed by atoms with van der Waals surface area (Å²) in [5.74, 6) is 0.424. The molecule has 0 spiro atoms. The van der Waals surface area contributed by atoms with Gasteiger partial charge >= 0.3 is 0 Å². The minimum atomic E-state index is -4.06. The third-order valence-corrected chi connectivity index (χ3v) is 8.30. The van der Waals surface area contributed by atoms with Gasteiger partial charge in [-0.2, -0.15) is 9.82 Å². The first kappa shape index (κ1) is 28.5. The highest BCUT2D eigenvalue weighted by Gasteiger charge is 2.25. The lowest BCUT2D eigenvalue weighted by Crippen LogP contribution is -2.30. The first-order valence-corrected chi connectivity index (χ1v) is 14.6. The van der Waals surface area contributed by atoms with Crippen molar-refractivity contribution < 1.29 is 17.9 Å². The Hall–Kier alpha value is -4.03. The first-order chi connectivity index (χ1) is 19.4. The number of sulfonamides is 1. The quantitative estimate of drug-likeness (QED) is 0.169. The molecular weight excluding hydrogens is 566 g/mol. The average Bonchev–Trinajstić information content (AvgIpc) is 3.37. The molecule has 0 amide bonds. The van der Waals surface area contributed by atoms with Gasteiger partial charge in [0.25, 0.3) is 0 Å². The molecule has 41 heavy (non-hydrogen) atoms. The molecule has 0 bridgehead atoms. The second-order valence-corrected chi connectivity index (χ2v) is 11.9. The van der Waals surface area contributed by atoms with Gasteiger partial charge in [0, 0.05) is 24.4 Å². The minimum absolute atomic E-state index is 0.00933. The van der Waals surface area contributed by atoms with E-state index in [1.807, 2.05) is 19.9 Å². The molecule has 3 N–H and O–H groups in total. The molecule has 0 fully saturated rings. The maximum Gasteiger partial charge on any atom is 0.243 e. The molecule has 212 valence electrons. The van der Waals surface area contributed by atoms with Gasteiger partial charge in [-0.05, 0) is 56.7 Å². The summed E-state index contributed by atoms with van der Waals surface area (Å²) in [5, 5.41) is 18.9. The van der Waals surface area contributed by atoms with Gasteiger partial charge in [0.05, 0.1) is 33.8 Å². The van der Waals surface area contributed by atoms with Gasteiger partial charge in [-0.3, -0.25) is 9.48 Å². The van der Waals surface area contributed by atoms with E-state index in [1.54, 1.807) is 61.4 Å². The number of nitrogens with one attached hydrogen (secondary N) is 2. The summed E-state index contributed by atoms with van der Waals surface area (Å²) in [6.07, 6.45) is 1.70. The van der Waals surface area contributed by atoms with Crippen molar-refractivity contribution in [1.29, 1.82) is 0 Å². The second kappa shape index (κ2) is 11.1. The number of aliphatic hydroxyl groups is 1. The third kappa shape index (κ3) is 5.75. The van der Waals surface area contributed by atoms with Crippen molar-refractivity contribution >= 4 is 38.3 Å². The molecule has 0 aliphatic rings. The van der Waals surface area contributed by atoms with Gasteiger partial charge in [-0.1, -0.05) is 35.9 Å². The van der Waals surface area contributed by atoms with E-state index in [0.29, 0.717) is 39.1 Å². The maximum atomic E-state index is 13.4. The van der Waals surface area contributed by atoms with Crippen molar-refractivity contribution in [2.24, 2.45) is 7.05 Å². The Morgan fingerprint density at radius 3 is 2.51 bits per heavy atom. The highest BCUT2D eigenvalue weighted by atomic mass is 35.5. The molecule has 0 aliphatic heterocycles. The minimum Gasteiger partial charge on any atom is -0.455 e. The van der Waals surface area contributed by atoms with E-state index in [2.05, 4.69) is 20.1 Å². The predicted octanol–water partition coefficient (Wildman–Crippen LogP) is 5.00. The Bertz CT molecular complexity index is 1920. The number of hydrogen-bond donors (Lipinski definition) is 3. The van der Waals surface area contributed by atoms with Crippen LogP contribution in [0.5, 0.6) is 0 Å². The lowest BCUT2D eigenvalue weighted by molar-refractivity contribution is 0.162. The van der Waals surface area contributed by atoms with Gasteiger partial charge in [0.2, 0.25) is 10.0 Å². The number of halogens is 1. The Kier molecular flexibility index (Phi) is 7.71. The van der Waals surface area contributed by atoms with Gasteiger partial charge in [-0.15, -0.1) is 0 Å². The van der Waals surface area contributed by atoms with Crippen LogP contribution in [0.15, 0.2) is 81.1 Å². The van der Waals surface area contributed by atoms with Gasteiger partial charge in [0.1, 0.15) is 22.2 Å². The zero-order chi connectivity index (χ0) is 29.5. The number of aliphatic hydroxyl groups excluding tert-OH is 1. The molecule has 10 nitrogen and oxygen atoms in total. The Morgan fingerprint density at radius 2 is 1.83 bits per heavy atom. The lowest BCUT2D eigenvalue weighted by Gasteiger charge is -2.22. The molecule has 3 aromatic heterocycles. The van der Waals surface area contributed by atoms with Crippen molar-refractivity contribution in [1.82, 2.24) is 19.5 Å². The second-order valence-electron chi connectivity index (χ2n) is 9.79. The summed E-state index contributed by atoms with van der Waals surface area (Å²) in [6, 6.07) is 14.0. The number of fused-ring (bicyclic) bond motifs is 1. The SMILES string of the molecule is Cc1cc([C@@H](C)Nc2ccc(Cl)nc2C(O)NS(=O)(=O)c2ccccc2)c2oc(-c3cnn(C)c3)c(C)c(=O)c2c1. The first-order valence-electron chi connectivity index (χ1n) is 12.7. The standard InChI is InChI=1S/C29H28ClN5O5S/c1-16-12-21(28-22(13-16)26(36)17(2)27(40-28)19-14-31-35(4)15-19)18(3)32-23-10-11-24(30)33-25(23)29(37)34-41(38,39)20-8-6-5-7-9-20/h5-15,18,29,32,34,37H,1-4H3/t18-,29?/m1/s1. The molecule has 5 aromatic rings. The van der Waals surface area contributed by atoms with Crippen molar-refractivity contribution in [2.45, 2.75) is 37.9 Å². The molecule has 0 saturated heterocycles. The summed E-state index contributed by atoms with van der Waals surface area (Å²) in [7, 11) is -2.28. The topological polar surface area (TPSA) is 139 Å². The Morgan fingerprint density at radius 1 is 1.10 bits per heavy atom. The normalized spacial score (nSPS) is 13.3. The van der Waals surface area contributed by atoms with Crippen molar-refractivity contribution in [3.8, 4) is 11.3 Å². The van der Waals surface area contributed by atoms with E-state index in [9.17, 15) is 18.3 Å². The smallest absolute Gasteiger partial charge is 0.243 e. The van der Waals surface area contributed by atoms with E-state index in [0.717, 1.165) is 5.56 Å². The van der Waals surface area contributed by atoms with Gasteiger partial charge in [-0.25, -0.2) is 13.4 Å². The number of benzene rings is 2. The van der Waals surface area contributed by atoms with Crippen LogP contribution in [0.3, 0.4) is 0 Å². The average molecular weight is 594 g/mol. The molecule has 2 aromatic carbocycles. The van der Waals surface area contributed by atoms with Crippen molar-refractivity contribution in [3.05, 3.63) is 105 Å². The monoisotopic (exact) mass is 593 g/mol. The Labute approximate surface area is 241 Å². The molecule has 1 unspecified atom stereocenters. The fourth-order valence-corrected chi connectivity index (χ4v) is 5.88. The molecule has 2 atom stereocenters. The fourth-order valence-electron chi connectivity index (χ4n) is 4.67. The molecule has 0 saturated carbocycles. The van der Waals surface area contributed by atoms with E-state index in [1.165, 1.54) is 18.2 Å². The third-order valence-electron chi connectivity index (χ3n) is 6.67. The van der Waals surface area contributed by atoms with Crippen LogP contribution in [0, 0.1) is 13.8 Å². The van der Waals surface area contributed by atoms with Crippen molar-refractivity contribution in [2.75, 3.05) is 5.32 Å². The maximum absolute atomic E-state index is 13.4. The lowest BCUT2D eigenvalue weighted by atomic mass is 9.99. The number of aryl methyl sites for hydroxylation is 2. The number of aromatic nitrogens is 3. The van der Waals surface area contributed by atoms with Crippen LogP contribution in [0.2, 0.25) is 5.15 Å². The molecule has 5 rings (SSSR count). The van der Waals surface area contributed by atoms with Gasteiger partial charge < -0.3 is 14.8 Å². The van der Waals surface area contributed by atoms with E-state index < -0.39 is 22.3 Å². The van der Waals surface area contributed by atoms with Crippen LogP contribution in [0.25, 0.3) is 22.3 Å². The molecular formula is C29H28ClN5O5S. The number of hydrogen-bond acceptors (Lipinski definition) is 8. The summed E-state index contributed by atoms with van der Waals surface area (Å²) < 4.78 is 35.9. The summed E-state index contributed by atoms with van der Waals surface area (Å²) in [5.41, 5.74) is 3.25. The summed E-state index contributed by atoms with van der Waals surface area (Å²) in [4.78, 5) is 17.6. The molecule has 0 aliphatic carbocycles. The van der Waals surface area contributed by atoms with Crippen LogP contribution in [-0.4, -0.2) is 28.3 Å². The summed E-state index contributed by atoms with van der Waals surface area (Å²) in [6.45, 7) is 5.47. The molecule has 12 heteroatoms. The number of anilines is 1. The van der Waals surface area contributed by atoms with Crippen LogP contribution in [0.1, 0.15) is 41.6 Å². The molecule has 0 radical (unpaired) electrons. The fraction of sp³-hybridized carbons (Fsp3) is 0.207. The number of pyridine rings is 1. The van der Waals surface area contributed by atoms with Crippen LogP contribution in [0.4, 0.5) is 5.69 Å². The van der Waals surface area contributed by atoms with Crippen LogP contribution < -0.4 is 15.5 Å². The molecule has 3 heterocycles. The number of rotatable bonds is 8. The highest BCUT2D eigenvalue weighted by molar-refractivity contribution is 7.89. The number of nitrogens with zero attached hydrogens (tertiary/aromatic N) is 3. The van der Waals surface area contributed by atoms with E-state index in [4.69, 9.17) is 16.0 Å². The summed E-state index contributed by atoms with van der Waals surface area (Å²) >= 11 is 6.13. The van der Waals surface area contributed by atoms with E-state index >= 15 is 0 Å².